The van der Waals surface area contributed by atoms with Crippen LogP contribution in [0.25, 0.3) is 21.8 Å². The van der Waals surface area contributed by atoms with Crippen LogP contribution in [0.2, 0.25) is 0 Å². The molecule has 1 unspecified atom stereocenters. The molecule has 0 amide bonds. The minimum atomic E-state index is -0.222. The van der Waals surface area contributed by atoms with Gasteiger partial charge >= 0.3 is 0 Å². The summed E-state index contributed by atoms with van der Waals surface area (Å²) in [6, 6.07) is 10.0. The van der Waals surface area contributed by atoms with E-state index in [0.29, 0.717) is 30.1 Å². The van der Waals surface area contributed by atoms with Gasteiger partial charge in [0.25, 0.3) is 5.56 Å². The molecule has 0 aliphatic carbocycles. The van der Waals surface area contributed by atoms with Gasteiger partial charge in [-0.3, -0.25) is 14.3 Å². The first-order chi connectivity index (χ1) is 15.4. The maximum absolute atomic E-state index is 13.5. The second-order valence-electron chi connectivity index (χ2n) is 8.06. The van der Waals surface area contributed by atoms with Crippen molar-refractivity contribution in [1.82, 2.24) is 24.3 Å². The number of likely N-dealkylation sites (N-methyl/N-ethyl adjacent to an activating group) is 1. The van der Waals surface area contributed by atoms with Crippen LogP contribution in [0.15, 0.2) is 41.3 Å². The summed E-state index contributed by atoms with van der Waals surface area (Å²) >= 11 is 0. The highest BCUT2D eigenvalue weighted by molar-refractivity contribution is 5.85. The number of imidazole rings is 1. The number of anilines is 1. The number of aromatic nitrogens is 5. The second kappa shape index (κ2) is 8.81. The summed E-state index contributed by atoms with van der Waals surface area (Å²) in [7, 11) is 1.91. The quantitative estimate of drug-likeness (QED) is 0.473. The number of aryl methyl sites for hydroxylation is 1. The van der Waals surface area contributed by atoms with E-state index in [1.165, 1.54) is 4.68 Å². The van der Waals surface area contributed by atoms with Gasteiger partial charge in [0, 0.05) is 30.7 Å². The first kappa shape index (κ1) is 21.5. The van der Waals surface area contributed by atoms with Crippen molar-refractivity contribution in [2.24, 2.45) is 5.73 Å². The first-order valence-electron chi connectivity index (χ1n) is 10.6. The van der Waals surface area contributed by atoms with Gasteiger partial charge in [-0.05, 0) is 32.2 Å². The van der Waals surface area contributed by atoms with Crippen LogP contribution in [0.1, 0.15) is 25.2 Å². The number of hydrogen-bond acceptors (Lipinski definition) is 6. The molecule has 1 atom stereocenters. The van der Waals surface area contributed by atoms with Crippen LogP contribution < -0.4 is 16.2 Å². The van der Waals surface area contributed by atoms with Crippen LogP contribution in [0, 0.1) is 18.8 Å². The minimum absolute atomic E-state index is 0.0408. The molecule has 8 heteroatoms. The predicted molar refractivity (Wildman–Crippen MR) is 128 cm³/mol. The fourth-order valence-corrected chi connectivity index (χ4v) is 3.98. The first-order valence-corrected chi connectivity index (χ1v) is 10.6. The van der Waals surface area contributed by atoms with E-state index in [1.54, 1.807) is 13.1 Å². The molecule has 32 heavy (non-hydrogen) atoms. The standard InChI is InChI=1S/C24H27N7O/c1-5-6-11-30-22-20(28-24(30)29(4)14-16(2)25)13-26-31(23(22)32)15-21-19-10-8-7-9-18(19)12-17(3)27-21/h7-10,12-13,16H,11,14-15,25H2,1-4H3. The lowest BCUT2D eigenvalue weighted by atomic mass is 10.1. The molecule has 4 rings (SSSR count). The highest BCUT2D eigenvalue weighted by Gasteiger charge is 2.19. The van der Waals surface area contributed by atoms with Crippen LogP contribution in [-0.4, -0.2) is 43.9 Å². The summed E-state index contributed by atoms with van der Waals surface area (Å²) in [6.45, 7) is 6.89. The maximum atomic E-state index is 13.5. The fourth-order valence-electron chi connectivity index (χ4n) is 3.98. The van der Waals surface area contributed by atoms with Gasteiger partial charge in [0.2, 0.25) is 5.95 Å². The van der Waals surface area contributed by atoms with E-state index in [9.17, 15) is 4.79 Å². The van der Waals surface area contributed by atoms with Crippen molar-refractivity contribution >= 4 is 27.8 Å². The Morgan fingerprint density at radius 1 is 1.25 bits per heavy atom. The molecule has 2 N–H and O–H groups in total. The molecule has 0 aliphatic heterocycles. The van der Waals surface area contributed by atoms with Crippen molar-refractivity contribution in [1.29, 1.82) is 0 Å². The van der Waals surface area contributed by atoms with E-state index in [2.05, 4.69) is 26.9 Å². The topological polar surface area (TPSA) is 94.9 Å². The average Bonchev–Trinajstić information content (AvgIpc) is 3.13. The smallest absolute Gasteiger partial charge is 0.293 e. The Labute approximate surface area is 186 Å². The molecule has 0 aliphatic rings. The molecule has 0 saturated heterocycles. The monoisotopic (exact) mass is 429 g/mol. The van der Waals surface area contributed by atoms with Gasteiger partial charge in [-0.1, -0.05) is 30.2 Å². The summed E-state index contributed by atoms with van der Waals surface area (Å²) in [6.07, 6.45) is 1.63. The average molecular weight is 430 g/mol. The van der Waals surface area contributed by atoms with E-state index in [1.807, 2.05) is 60.7 Å². The summed E-state index contributed by atoms with van der Waals surface area (Å²) < 4.78 is 3.29. The molecule has 3 aromatic heterocycles. The van der Waals surface area contributed by atoms with Gasteiger partial charge in [0.05, 0.1) is 25.0 Å². The van der Waals surface area contributed by atoms with Gasteiger partial charge < -0.3 is 10.6 Å². The van der Waals surface area contributed by atoms with Gasteiger partial charge in [-0.25, -0.2) is 9.67 Å². The molecular formula is C24H27N7O. The van der Waals surface area contributed by atoms with Crippen molar-refractivity contribution < 1.29 is 0 Å². The third kappa shape index (κ3) is 4.07. The predicted octanol–water partition coefficient (Wildman–Crippen LogP) is 2.30. The van der Waals surface area contributed by atoms with E-state index >= 15 is 0 Å². The number of fused-ring (bicyclic) bond motifs is 2. The Morgan fingerprint density at radius 2 is 2.03 bits per heavy atom. The Bertz CT molecular complexity index is 1410. The number of hydrogen-bond donors (Lipinski definition) is 1. The maximum Gasteiger partial charge on any atom is 0.293 e. The van der Waals surface area contributed by atoms with Gasteiger partial charge in [-0.15, -0.1) is 5.92 Å². The molecule has 164 valence electrons. The summed E-state index contributed by atoms with van der Waals surface area (Å²) in [4.78, 5) is 24.8. The number of nitrogens with two attached hydrogens (primary N) is 1. The number of benzene rings is 1. The lowest BCUT2D eigenvalue weighted by Crippen LogP contribution is -2.34. The third-order valence-corrected chi connectivity index (χ3v) is 5.29. The molecule has 8 nitrogen and oxygen atoms in total. The Balaban J connectivity index is 1.85. The Kier molecular flexibility index (Phi) is 5.93. The van der Waals surface area contributed by atoms with Crippen molar-refractivity contribution in [3.63, 3.8) is 0 Å². The molecule has 0 radical (unpaired) electrons. The van der Waals surface area contributed by atoms with Gasteiger partial charge in [-0.2, -0.15) is 5.10 Å². The fraction of sp³-hybridized carbons (Fsp3) is 0.333. The van der Waals surface area contributed by atoms with Gasteiger partial charge in [0.1, 0.15) is 11.0 Å². The van der Waals surface area contributed by atoms with Crippen molar-refractivity contribution in [3.05, 3.63) is 58.3 Å². The number of pyridine rings is 1. The summed E-state index contributed by atoms with van der Waals surface area (Å²) in [5.74, 6) is 6.60. The summed E-state index contributed by atoms with van der Waals surface area (Å²) in [5.41, 5.74) is 8.48. The van der Waals surface area contributed by atoms with Gasteiger partial charge in [0.15, 0.2) is 0 Å². The molecule has 0 fully saturated rings. The van der Waals surface area contributed by atoms with Crippen LogP contribution >= 0.6 is 0 Å². The highest BCUT2D eigenvalue weighted by Crippen LogP contribution is 2.21. The van der Waals surface area contributed by atoms with Crippen molar-refractivity contribution in [2.75, 3.05) is 18.5 Å². The number of rotatable bonds is 6. The van der Waals surface area contributed by atoms with E-state index in [-0.39, 0.29) is 18.1 Å². The molecule has 4 aromatic rings. The Morgan fingerprint density at radius 3 is 2.78 bits per heavy atom. The lowest BCUT2D eigenvalue weighted by Gasteiger charge is -2.20. The highest BCUT2D eigenvalue weighted by atomic mass is 16.1. The van der Waals surface area contributed by atoms with E-state index in [0.717, 1.165) is 22.2 Å². The SMILES string of the molecule is CC#CCn1c(N(C)CC(C)N)nc2cnn(Cc3nc(C)cc4ccccc34)c(=O)c21. The third-order valence-electron chi connectivity index (χ3n) is 5.29. The van der Waals surface area contributed by atoms with Crippen LogP contribution in [0.4, 0.5) is 5.95 Å². The normalized spacial score (nSPS) is 12.0. The Hall–Kier alpha value is -3.70. The van der Waals surface area contributed by atoms with Crippen molar-refractivity contribution in [2.45, 2.75) is 39.9 Å². The zero-order valence-electron chi connectivity index (χ0n) is 18.8. The largest absolute Gasteiger partial charge is 0.344 e. The van der Waals surface area contributed by atoms with Crippen LogP contribution in [-0.2, 0) is 13.1 Å². The minimum Gasteiger partial charge on any atom is -0.344 e. The van der Waals surface area contributed by atoms with E-state index in [4.69, 9.17) is 5.73 Å². The van der Waals surface area contributed by atoms with Crippen LogP contribution in [0.3, 0.4) is 0 Å². The van der Waals surface area contributed by atoms with E-state index < -0.39 is 0 Å². The molecule has 0 spiro atoms. The molecule has 0 bridgehead atoms. The summed E-state index contributed by atoms with van der Waals surface area (Å²) in [5, 5.41) is 6.50. The molecular weight excluding hydrogens is 402 g/mol. The van der Waals surface area contributed by atoms with Crippen LogP contribution in [0.5, 0.6) is 0 Å². The van der Waals surface area contributed by atoms with Crippen molar-refractivity contribution in [3.8, 4) is 11.8 Å². The molecule has 0 saturated carbocycles. The number of nitrogens with zero attached hydrogens (tertiary/aromatic N) is 6. The lowest BCUT2D eigenvalue weighted by molar-refractivity contribution is 0.633. The zero-order chi connectivity index (χ0) is 22.8. The second-order valence-corrected chi connectivity index (χ2v) is 8.06. The molecule has 3 heterocycles. The zero-order valence-corrected chi connectivity index (χ0v) is 18.8. The molecule has 1 aromatic carbocycles.